The molecular formula is C26H15NO2Te. The van der Waals surface area contributed by atoms with Crippen LogP contribution in [0.3, 0.4) is 0 Å². The maximum absolute atomic E-state index is 13.0. The van der Waals surface area contributed by atoms with E-state index in [0.717, 1.165) is 14.4 Å². The number of carbonyl (C=O) groups excluding carboxylic acids is 2. The number of allylic oxidation sites excluding steroid dienone is 1. The van der Waals surface area contributed by atoms with Crippen LogP contribution in [-0.2, 0) is 0 Å². The number of hydrogen-bond acceptors (Lipinski definition) is 2. The van der Waals surface area contributed by atoms with Crippen molar-refractivity contribution in [1.82, 2.24) is 4.57 Å². The predicted molar refractivity (Wildman–Crippen MR) is 121 cm³/mol. The van der Waals surface area contributed by atoms with Crippen LogP contribution in [0.5, 0.6) is 0 Å². The summed E-state index contributed by atoms with van der Waals surface area (Å²) in [5.41, 5.74) is 2.52. The molecule has 1 aliphatic rings. The van der Waals surface area contributed by atoms with Crippen LogP contribution in [0.2, 0.25) is 0 Å². The van der Waals surface area contributed by atoms with Crippen LogP contribution < -0.4 is 0 Å². The van der Waals surface area contributed by atoms with E-state index in [1.807, 2.05) is 54.6 Å². The fraction of sp³-hybridized carbons (Fsp3) is 0. The van der Waals surface area contributed by atoms with E-state index >= 15 is 0 Å². The molecule has 0 amide bonds. The van der Waals surface area contributed by atoms with Crippen molar-refractivity contribution in [2.45, 2.75) is 0 Å². The van der Waals surface area contributed by atoms with Gasteiger partial charge < -0.3 is 0 Å². The quantitative estimate of drug-likeness (QED) is 0.187. The molecule has 0 bridgehead atoms. The van der Waals surface area contributed by atoms with Gasteiger partial charge >= 0.3 is 183 Å². The van der Waals surface area contributed by atoms with Gasteiger partial charge in [-0.1, -0.05) is 0 Å². The van der Waals surface area contributed by atoms with Gasteiger partial charge in [0.05, 0.1) is 0 Å². The molecule has 2 aromatic heterocycles. The van der Waals surface area contributed by atoms with E-state index in [2.05, 4.69) is 41.1 Å². The molecule has 0 saturated heterocycles. The molecule has 6 rings (SSSR count). The first-order chi connectivity index (χ1) is 14.7. The van der Waals surface area contributed by atoms with E-state index in [0.29, 0.717) is 16.7 Å². The van der Waals surface area contributed by atoms with Gasteiger partial charge in [-0.05, 0) is 0 Å². The van der Waals surface area contributed by atoms with Crippen molar-refractivity contribution >= 4 is 59.7 Å². The Kier molecular flexibility index (Phi) is 3.92. The minimum absolute atomic E-state index is 0.158. The summed E-state index contributed by atoms with van der Waals surface area (Å²) in [5.74, 6) is -0.317. The van der Waals surface area contributed by atoms with E-state index in [1.54, 1.807) is 0 Å². The molecule has 142 valence electrons. The molecule has 3 nitrogen and oxygen atoms in total. The first kappa shape index (κ1) is 17.6. The molecule has 5 aromatic rings. The second kappa shape index (κ2) is 6.67. The van der Waals surface area contributed by atoms with Gasteiger partial charge in [-0.25, -0.2) is 0 Å². The van der Waals surface area contributed by atoms with E-state index in [-0.39, 0.29) is 11.6 Å². The average Bonchev–Trinajstić information content (AvgIpc) is 3.47. The fourth-order valence-electron chi connectivity index (χ4n) is 4.11. The summed E-state index contributed by atoms with van der Waals surface area (Å²) in [5, 5.41) is 3.17. The van der Waals surface area contributed by atoms with E-state index < -0.39 is 20.4 Å². The van der Waals surface area contributed by atoms with Crippen LogP contribution in [0.4, 0.5) is 0 Å². The molecule has 0 saturated carbocycles. The molecule has 4 heteroatoms. The second-order valence-corrected chi connectivity index (χ2v) is 10.5. The molecule has 2 heterocycles. The number of rotatable bonds is 2. The van der Waals surface area contributed by atoms with Crippen molar-refractivity contribution in [3.8, 4) is 3.70 Å². The molecule has 3 aromatic carbocycles. The van der Waals surface area contributed by atoms with Gasteiger partial charge in [0, 0.05) is 0 Å². The van der Waals surface area contributed by atoms with Gasteiger partial charge in [-0.2, -0.15) is 0 Å². The van der Waals surface area contributed by atoms with Gasteiger partial charge in [0.25, 0.3) is 0 Å². The zero-order valence-electron chi connectivity index (χ0n) is 15.8. The first-order valence-electron chi connectivity index (χ1n) is 9.69. The Balaban J connectivity index is 1.41. The summed E-state index contributed by atoms with van der Waals surface area (Å²) in [6.45, 7) is 0. The van der Waals surface area contributed by atoms with Crippen LogP contribution >= 0.6 is 0 Å². The third kappa shape index (κ3) is 2.65. The molecule has 0 fully saturated rings. The summed E-state index contributed by atoms with van der Waals surface area (Å²) < 4.78 is 4.58. The van der Waals surface area contributed by atoms with Crippen LogP contribution in [0.1, 0.15) is 24.3 Å². The van der Waals surface area contributed by atoms with Crippen molar-refractivity contribution in [3.63, 3.8) is 0 Å². The van der Waals surface area contributed by atoms with E-state index in [1.165, 1.54) is 14.6 Å². The predicted octanol–water partition coefficient (Wildman–Crippen LogP) is 5.30. The third-order valence-electron chi connectivity index (χ3n) is 5.60. The Morgan fingerprint density at radius 2 is 1.33 bits per heavy atom. The number of aromatic nitrogens is 1. The summed E-state index contributed by atoms with van der Waals surface area (Å²) in [7, 11) is 0. The molecule has 30 heavy (non-hydrogen) atoms. The number of hydrogen-bond donors (Lipinski definition) is 0. The number of nitrogens with zero attached hydrogens (tertiary/aromatic N) is 1. The molecule has 0 N–H and O–H groups in total. The Morgan fingerprint density at radius 3 is 2.03 bits per heavy atom. The van der Waals surface area contributed by atoms with Crippen molar-refractivity contribution in [2.24, 2.45) is 0 Å². The number of benzene rings is 3. The zero-order chi connectivity index (χ0) is 20.2. The SMILES string of the molecule is O=C1C(=Cc2ccc(-n3ccc4ccccc43)[te]2)C(=O)c2cc3ccccc3cc21. The summed E-state index contributed by atoms with van der Waals surface area (Å²) in [6.07, 6.45) is 3.92. The van der Waals surface area contributed by atoms with Crippen LogP contribution in [0, 0.1) is 0 Å². The second-order valence-electron chi connectivity index (χ2n) is 7.38. The van der Waals surface area contributed by atoms with Gasteiger partial charge in [-0.15, -0.1) is 0 Å². The Morgan fingerprint density at radius 1 is 0.700 bits per heavy atom. The van der Waals surface area contributed by atoms with E-state index in [4.69, 9.17) is 0 Å². The normalized spacial score (nSPS) is 13.4. The van der Waals surface area contributed by atoms with Crippen molar-refractivity contribution < 1.29 is 9.59 Å². The summed E-state index contributed by atoms with van der Waals surface area (Å²) in [4.78, 5) is 26.0. The number of Topliss-reactive ketones (excluding diaryl/α,β-unsaturated/α-hetero) is 2. The summed E-state index contributed by atoms with van der Waals surface area (Å²) in [6, 6.07) is 26.1. The Bertz CT molecular complexity index is 1480. The van der Waals surface area contributed by atoms with Crippen LogP contribution in [0.15, 0.2) is 90.6 Å². The maximum atomic E-state index is 13.0. The van der Waals surface area contributed by atoms with Gasteiger partial charge in [0.2, 0.25) is 0 Å². The van der Waals surface area contributed by atoms with Gasteiger partial charge in [-0.3, -0.25) is 0 Å². The van der Waals surface area contributed by atoms with Gasteiger partial charge in [0.15, 0.2) is 0 Å². The van der Waals surface area contributed by atoms with Crippen molar-refractivity contribution in [2.75, 3.05) is 0 Å². The fourth-order valence-corrected chi connectivity index (χ4v) is 6.81. The number of para-hydroxylation sites is 1. The molecule has 0 unspecified atom stereocenters. The van der Waals surface area contributed by atoms with Crippen LogP contribution in [0.25, 0.3) is 31.5 Å². The number of fused-ring (bicyclic) bond motifs is 3. The number of ketones is 2. The Labute approximate surface area is 182 Å². The standard InChI is InChI=1S/C26H15NO2Te/c28-25-20-13-17-6-1-2-7-18(17)14-21(20)26(29)22(25)15-19-9-10-24(30-19)27-12-11-16-5-3-4-8-23(16)27/h1-15H. The first-order valence-corrected chi connectivity index (χ1v) is 12.0. The van der Waals surface area contributed by atoms with Crippen molar-refractivity contribution in [3.05, 3.63) is 105 Å². The van der Waals surface area contributed by atoms with Crippen molar-refractivity contribution in [1.29, 1.82) is 0 Å². The molecular weight excluding hydrogens is 486 g/mol. The average molecular weight is 501 g/mol. The molecule has 0 radical (unpaired) electrons. The third-order valence-corrected chi connectivity index (χ3v) is 8.54. The summed E-state index contributed by atoms with van der Waals surface area (Å²) >= 11 is -0.689. The van der Waals surface area contributed by atoms with Gasteiger partial charge in [0.1, 0.15) is 0 Å². The van der Waals surface area contributed by atoms with Crippen LogP contribution in [-0.4, -0.2) is 36.6 Å². The molecule has 0 spiro atoms. The molecule has 0 atom stereocenters. The molecule has 1 aliphatic carbocycles. The topological polar surface area (TPSA) is 39.1 Å². The van der Waals surface area contributed by atoms with E-state index in [9.17, 15) is 9.59 Å². The number of carbonyl (C=O) groups is 2. The monoisotopic (exact) mass is 503 g/mol. The zero-order valence-corrected chi connectivity index (χ0v) is 18.2. The minimum atomic E-state index is -0.689. The Hall–Kier alpha value is -3.19. The molecule has 0 aliphatic heterocycles.